The number of carbonyl (C=O) groups is 2. The van der Waals surface area contributed by atoms with Crippen LogP contribution >= 0.6 is 11.3 Å². The zero-order valence-electron chi connectivity index (χ0n) is 14.8. The molecule has 0 saturated heterocycles. The molecule has 2 unspecified atom stereocenters. The number of amides is 1. The van der Waals surface area contributed by atoms with E-state index in [9.17, 15) is 9.59 Å². The van der Waals surface area contributed by atoms with Gasteiger partial charge in [0.05, 0.1) is 22.4 Å². The molecule has 0 spiro atoms. The van der Waals surface area contributed by atoms with Gasteiger partial charge in [-0.25, -0.2) is 4.98 Å². The van der Waals surface area contributed by atoms with Crippen LogP contribution in [0.25, 0.3) is 10.2 Å². The van der Waals surface area contributed by atoms with Crippen molar-refractivity contribution in [2.75, 3.05) is 5.43 Å². The van der Waals surface area contributed by atoms with Crippen molar-refractivity contribution >= 4 is 38.4 Å². The topological polar surface area (TPSA) is 80.3 Å². The molecular formula is C19H21N3O3S. The van der Waals surface area contributed by atoms with Gasteiger partial charge < -0.3 is 4.74 Å². The lowest BCUT2D eigenvalue weighted by Crippen LogP contribution is -2.42. The highest BCUT2D eigenvalue weighted by molar-refractivity contribution is 7.22. The number of Topliss-reactive ketones (excluding diaryl/α,β-unsaturated/α-hetero) is 1. The number of thiazole rings is 1. The number of ether oxygens (including phenoxy) is 1. The number of hydrazine groups is 1. The summed E-state index contributed by atoms with van der Waals surface area (Å²) >= 11 is 1.46. The summed E-state index contributed by atoms with van der Waals surface area (Å²) in [6.45, 7) is 4.08. The highest BCUT2D eigenvalue weighted by Gasteiger charge is 2.39. The van der Waals surface area contributed by atoms with Crippen molar-refractivity contribution in [3.63, 3.8) is 0 Å². The summed E-state index contributed by atoms with van der Waals surface area (Å²) in [6, 6.07) is 4.08. The van der Waals surface area contributed by atoms with E-state index >= 15 is 0 Å². The second-order valence-corrected chi connectivity index (χ2v) is 7.94. The Morgan fingerprint density at radius 2 is 2.08 bits per heavy atom. The summed E-state index contributed by atoms with van der Waals surface area (Å²) in [6.07, 6.45) is 4.99. The maximum absolute atomic E-state index is 12.6. The molecule has 1 aromatic carbocycles. The van der Waals surface area contributed by atoms with Gasteiger partial charge in [0.25, 0.3) is 5.91 Å². The standard InChI is InChI=1S/C19H21N3O3S/c1-10-7-8-15-16(11(10)2)20-19(26-15)22-21-18(24)13-9-25-14-6-4-3-5-12(14)17(13)23/h7-9,12,14H,3-6H2,1-2H3,(H,20,22)(H,21,24). The Morgan fingerprint density at radius 3 is 2.92 bits per heavy atom. The van der Waals surface area contributed by atoms with E-state index in [2.05, 4.69) is 21.9 Å². The van der Waals surface area contributed by atoms with Crippen LogP contribution in [0.4, 0.5) is 5.13 Å². The molecule has 0 bridgehead atoms. The average molecular weight is 371 g/mol. The van der Waals surface area contributed by atoms with Crippen molar-refractivity contribution in [3.05, 3.63) is 35.1 Å². The van der Waals surface area contributed by atoms with Gasteiger partial charge in [0, 0.05) is 0 Å². The highest BCUT2D eigenvalue weighted by atomic mass is 32.1. The van der Waals surface area contributed by atoms with Crippen molar-refractivity contribution < 1.29 is 14.3 Å². The van der Waals surface area contributed by atoms with Crippen LogP contribution in [0.1, 0.15) is 36.8 Å². The molecule has 1 aromatic heterocycles. The number of aromatic nitrogens is 1. The Morgan fingerprint density at radius 1 is 1.27 bits per heavy atom. The van der Waals surface area contributed by atoms with Gasteiger partial charge >= 0.3 is 0 Å². The van der Waals surface area contributed by atoms with Crippen molar-refractivity contribution in [3.8, 4) is 0 Å². The molecule has 6 nitrogen and oxygen atoms in total. The Kier molecular flexibility index (Phi) is 4.40. The molecule has 26 heavy (non-hydrogen) atoms. The maximum Gasteiger partial charge on any atom is 0.276 e. The first-order valence-electron chi connectivity index (χ1n) is 8.87. The fourth-order valence-electron chi connectivity index (χ4n) is 3.60. The molecule has 2 atom stereocenters. The molecule has 2 aromatic rings. The van der Waals surface area contributed by atoms with Crippen molar-refractivity contribution in [1.82, 2.24) is 10.4 Å². The summed E-state index contributed by atoms with van der Waals surface area (Å²) in [5, 5.41) is 0.586. The van der Waals surface area contributed by atoms with Gasteiger partial charge in [-0.3, -0.25) is 20.4 Å². The number of hydrogen-bond donors (Lipinski definition) is 2. The molecule has 7 heteroatoms. The number of rotatable bonds is 3. The van der Waals surface area contributed by atoms with Gasteiger partial charge in [-0.15, -0.1) is 0 Å². The third kappa shape index (κ3) is 2.96. The minimum atomic E-state index is -0.480. The molecule has 1 saturated carbocycles. The van der Waals surface area contributed by atoms with E-state index in [1.54, 1.807) is 0 Å². The Labute approximate surface area is 155 Å². The monoisotopic (exact) mass is 371 g/mol. The minimum Gasteiger partial charge on any atom is -0.496 e. The number of ketones is 1. The summed E-state index contributed by atoms with van der Waals surface area (Å²) in [4.78, 5) is 29.5. The second-order valence-electron chi connectivity index (χ2n) is 6.91. The maximum atomic E-state index is 12.6. The number of aryl methyl sites for hydroxylation is 2. The third-order valence-electron chi connectivity index (χ3n) is 5.28. The summed E-state index contributed by atoms with van der Waals surface area (Å²) in [5.74, 6) is -0.787. The van der Waals surface area contributed by atoms with Crippen molar-refractivity contribution in [2.24, 2.45) is 5.92 Å². The number of fused-ring (bicyclic) bond motifs is 2. The van der Waals surface area contributed by atoms with Gasteiger partial charge in [-0.2, -0.15) is 0 Å². The van der Waals surface area contributed by atoms with Crippen LogP contribution in [0.2, 0.25) is 0 Å². The lowest BCUT2D eigenvalue weighted by Gasteiger charge is -2.33. The Hall–Kier alpha value is -2.41. The minimum absolute atomic E-state index is 0.0729. The highest BCUT2D eigenvalue weighted by Crippen LogP contribution is 2.33. The van der Waals surface area contributed by atoms with E-state index in [0.29, 0.717) is 5.13 Å². The van der Waals surface area contributed by atoms with Crippen LogP contribution in [0, 0.1) is 19.8 Å². The quantitative estimate of drug-likeness (QED) is 0.638. The van der Waals surface area contributed by atoms with Gasteiger partial charge in [-0.1, -0.05) is 23.8 Å². The van der Waals surface area contributed by atoms with E-state index in [0.717, 1.165) is 41.5 Å². The summed E-state index contributed by atoms with van der Waals surface area (Å²) in [5.41, 5.74) is 8.71. The van der Waals surface area contributed by atoms with Crippen molar-refractivity contribution in [2.45, 2.75) is 45.6 Å². The van der Waals surface area contributed by atoms with E-state index in [4.69, 9.17) is 4.74 Å². The third-order valence-corrected chi connectivity index (χ3v) is 6.21. The van der Waals surface area contributed by atoms with Crippen LogP contribution in [-0.4, -0.2) is 22.8 Å². The molecule has 136 valence electrons. The Bertz CT molecular complexity index is 918. The van der Waals surface area contributed by atoms with E-state index in [1.807, 2.05) is 19.9 Å². The molecule has 2 N–H and O–H groups in total. The number of benzene rings is 1. The number of carbonyl (C=O) groups excluding carboxylic acids is 2. The SMILES string of the molecule is Cc1ccc2sc(NNC(=O)C3=COC4CCCCC4C3=O)nc2c1C. The number of nitrogens with one attached hydrogen (secondary N) is 2. The van der Waals surface area contributed by atoms with Crippen LogP contribution in [-0.2, 0) is 14.3 Å². The summed E-state index contributed by atoms with van der Waals surface area (Å²) in [7, 11) is 0. The number of anilines is 1. The van der Waals surface area contributed by atoms with Crippen molar-refractivity contribution in [1.29, 1.82) is 0 Å². The van der Waals surface area contributed by atoms with Crippen LogP contribution < -0.4 is 10.9 Å². The molecule has 4 rings (SSSR count). The summed E-state index contributed by atoms with van der Waals surface area (Å²) < 4.78 is 6.68. The first-order chi connectivity index (χ1) is 12.5. The first-order valence-corrected chi connectivity index (χ1v) is 9.69. The molecular weight excluding hydrogens is 350 g/mol. The Balaban J connectivity index is 1.46. The lowest BCUT2D eigenvalue weighted by molar-refractivity contribution is -0.130. The fraction of sp³-hybridized carbons (Fsp3) is 0.421. The van der Waals surface area contributed by atoms with E-state index < -0.39 is 5.91 Å². The van der Waals surface area contributed by atoms with Gasteiger partial charge in [0.1, 0.15) is 11.7 Å². The largest absolute Gasteiger partial charge is 0.496 e. The van der Waals surface area contributed by atoms with Gasteiger partial charge in [-0.05, 0) is 50.3 Å². The van der Waals surface area contributed by atoms with Crippen LogP contribution in [0.5, 0.6) is 0 Å². The predicted molar refractivity (Wildman–Crippen MR) is 101 cm³/mol. The predicted octanol–water partition coefficient (Wildman–Crippen LogP) is 3.40. The number of nitrogens with zero attached hydrogens (tertiary/aromatic N) is 1. The molecule has 1 fully saturated rings. The van der Waals surface area contributed by atoms with E-state index in [1.165, 1.54) is 23.2 Å². The molecule has 1 aliphatic carbocycles. The molecule has 2 heterocycles. The average Bonchev–Trinajstić information content (AvgIpc) is 3.07. The smallest absolute Gasteiger partial charge is 0.276 e. The second kappa shape index (κ2) is 6.72. The molecule has 1 aliphatic heterocycles. The van der Waals surface area contributed by atoms with Crippen LogP contribution in [0.15, 0.2) is 24.0 Å². The zero-order chi connectivity index (χ0) is 18.3. The zero-order valence-corrected chi connectivity index (χ0v) is 15.6. The van der Waals surface area contributed by atoms with Gasteiger partial charge in [0.2, 0.25) is 5.13 Å². The molecule has 2 aliphatic rings. The van der Waals surface area contributed by atoms with Crippen LogP contribution in [0.3, 0.4) is 0 Å². The van der Waals surface area contributed by atoms with Gasteiger partial charge in [0.15, 0.2) is 5.78 Å². The number of hydrogen-bond acceptors (Lipinski definition) is 6. The normalized spacial score (nSPS) is 22.4. The van der Waals surface area contributed by atoms with E-state index in [-0.39, 0.29) is 23.4 Å². The molecule has 1 amide bonds. The molecule has 0 radical (unpaired) electrons. The first kappa shape index (κ1) is 17.0. The lowest BCUT2D eigenvalue weighted by atomic mass is 9.80. The fourth-order valence-corrected chi connectivity index (χ4v) is 4.47.